The van der Waals surface area contributed by atoms with Crippen LogP contribution in [-0.4, -0.2) is 60.2 Å². The zero-order chi connectivity index (χ0) is 23.0. The summed E-state index contributed by atoms with van der Waals surface area (Å²) in [5.41, 5.74) is 3.41. The number of pyridine rings is 1. The highest BCUT2D eigenvalue weighted by Gasteiger charge is 2.17. The second kappa shape index (κ2) is 11.1. The third-order valence-corrected chi connectivity index (χ3v) is 6.02. The van der Waals surface area contributed by atoms with E-state index >= 15 is 0 Å². The summed E-state index contributed by atoms with van der Waals surface area (Å²) in [6.45, 7) is 7.57. The molecule has 2 N–H and O–H groups in total. The van der Waals surface area contributed by atoms with Gasteiger partial charge in [0.1, 0.15) is 0 Å². The van der Waals surface area contributed by atoms with E-state index in [1.165, 1.54) is 0 Å². The number of aryl methyl sites for hydroxylation is 1. The molecule has 0 bridgehead atoms. The lowest BCUT2D eigenvalue weighted by molar-refractivity contribution is 0.0364. The summed E-state index contributed by atoms with van der Waals surface area (Å²) in [5.74, 6) is 0. The van der Waals surface area contributed by atoms with Crippen molar-refractivity contribution < 1.29 is 9.53 Å². The monoisotopic (exact) mass is 448 g/mol. The number of hydrogen-bond donors (Lipinski definition) is 2. The van der Waals surface area contributed by atoms with Crippen LogP contribution in [0, 0.1) is 6.92 Å². The molecule has 1 aliphatic heterocycles. The Morgan fingerprint density at radius 3 is 2.70 bits per heavy atom. The van der Waals surface area contributed by atoms with Crippen molar-refractivity contribution in [1.82, 2.24) is 20.1 Å². The highest BCUT2D eigenvalue weighted by atomic mass is 16.5. The maximum atomic E-state index is 13.1. The molecule has 1 aliphatic rings. The molecule has 0 spiro atoms. The molecule has 2 amide bonds. The predicted octanol–water partition coefficient (Wildman–Crippen LogP) is 3.27. The number of hydrogen-bond acceptors (Lipinski definition) is 4. The van der Waals surface area contributed by atoms with Crippen LogP contribution in [0.3, 0.4) is 0 Å². The zero-order valence-corrected chi connectivity index (χ0v) is 19.2. The van der Waals surface area contributed by atoms with Crippen molar-refractivity contribution in [3.8, 4) is 0 Å². The average Bonchev–Trinajstić information content (AvgIpc) is 2.84. The number of aromatic amines is 1. The lowest BCUT2D eigenvalue weighted by Gasteiger charge is -2.28. The molecular weight excluding hydrogens is 416 g/mol. The molecular formula is C26H32N4O3. The van der Waals surface area contributed by atoms with Gasteiger partial charge in [-0.3, -0.25) is 9.69 Å². The SMILES string of the molecule is Cc1ccc2[nH]c(=O)c(CN(CCCN3CCOCC3)C(=O)NCc3ccccc3)cc2c1. The van der Waals surface area contributed by atoms with E-state index < -0.39 is 0 Å². The largest absolute Gasteiger partial charge is 0.379 e. The van der Waals surface area contributed by atoms with Gasteiger partial charge in [-0.05, 0) is 42.5 Å². The van der Waals surface area contributed by atoms with Gasteiger partial charge in [-0.1, -0.05) is 42.0 Å². The van der Waals surface area contributed by atoms with E-state index in [0.29, 0.717) is 18.7 Å². The van der Waals surface area contributed by atoms with Crippen LogP contribution in [0.15, 0.2) is 59.4 Å². The molecule has 0 radical (unpaired) electrons. The molecule has 4 rings (SSSR count). The Balaban J connectivity index is 1.47. The van der Waals surface area contributed by atoms with Crippen LogP contribution >= 0.6 is 0 Å². The normalized spacial score (nSPS) is 14.3. The first-order valence-electron chi connectivity index (χ1n) is 11.6. The highest BCUT2D eigenvalue weighted by molar-refractivity contribution is 5.80. The number of ether oxygens (including phenoxy) is 1. The molecule has 0 saturated carbocycles. The number of nitrogens with zero attached hydrogens (tertiary/aromatic N) is 2. The minimum Gasteiger partial charge on any atom is -0.379 e. The van der Waals surface area contributed by atoms with Crippen molar-refractivity contribution in [3.05, 3.63) is 81.6 Å². The molecule has 0 atom stereocenters. The fraction of sp³-hybridized carbons (Fsp3) is 0.385. The molecule has 1 fully saturated rings. The summed E-state index contributed by atoms with van der Waals surface area (Å²) in [5, 5.41) is 3.99. The first-order chi connectivity index (χ1) is 16.1. The van der Waals surface area contributed by atoms with Crippen LogP contribution in [0.4, 0.5) is 4.79 Å². The summed E-state index contributed by atoms with van der Waals surface area (Å²) in [7, 11) is 0. The first-order valence-corrected chi connectivity index (χ1v) is 11.6. The molecule has 2 heterocycles. The van der Waals surface area contributed by atoms with Crippen molar-refractivity contribution in [3.63, 3.8) is 0 Å². The van der Waals surface area contributed by atoms with Gasteiger partial charge in [0, 0.05) is 43.8 Å². The smallest absolute Gasteiger partial charge is 0.317 e. The number of carbonyl (C=O) groups is 1. The number of benzene rings is 2. The molecule has 174 valence electrons. The van der Waals surface area contributed by atoms with Crippen molar-refractivity contribution in [1.29, 1.82) is 0 Å². The topological polar surface area (TPSA) is 77.7 Å². The Kier molecular flexibility index (Phi) is 7.75. The molecule has 7 nitrogen and oxygen atoms in total. The average molecular weight is 449 g/mol. The maximum Gasteiger partial charge on any atom is 0.317 e. The van der Waals surface area contributed by atoms with Crippen LogP contribution < -0.4 is 10.9 Å². The summed E-state index contributed by atoms with van der Waals surface area (Å²) >= 11 is 0. The lowest BCUT2D eigenvalue weighted by atomic mass is 10.1. The van der Waals surface area contributed by atoms with Crippen molar-refractivity contribution in [2.75, 3.05) is 39.4 Å². The van der Waals surface area contributed by atoms with E-state index in [4.69, 9.17) is 4.74 Å². The second-order valence-corrected chi connectivity index (χ2v) is 8.59. The number of urea groups is 1. The number of aromatic nitrogens is 1. The van der Waals surface area contributed by atoms with Crippen molar-refractivity contribution in [2.45, 2.75) is 26.4 Å². The summed E-state index contributed by atoms with van der Waals surface area (Å²) in [6.07, 6.45) is 0.837. The van der Waals surface area contributed by atoms with Gasteiger partial charge in [-0.2, -0.15) is 0 Å². The molecule has 3 aromatic rings. The van der Waals surface area contributed by atoms with Gasteiger partial charge in [0.15, 0.2) is 0 Å². The predicted molar refractivity (Wildman–Crippen MR) is 130 cm³/mol. The third kappa shape index (κ3) is 6.43. The number of rotatable bonds is 8. The van der Waals surface area contributed by atoms with Gasteiger partial charge in [0.05, 0.1) is 19.8 Å². The van der Waals surface area contributed by atoms with Crippen LogP contribution in [0.2, 0.25) is 0 Å². The zero-order valence-electron chi connectivity index (χ0n) is 19.2. The van der Waals surface area contributed by atoms with Crippen LogP contribution in [0.25, 0.3) is 10.9 Å². The maximum absolute atomic E-state index is 13.1. The summed E-state index contributed by atoms with van der Waals surface area (Å²) in [4.78, 5) is 32.9. The molecule has 1 aromatic heterocycles. The van der Waals surface area contributed by atoms with Crippen LogP contribution in [0.5, 0.6) is 0 Å². The van der Waals surface area contributed by atoms with E-state index in [0.717, 1.165) is 61.3 Å². The summed E-state index contributed by atoms with van der Waals surface area (Å²) in [6, 6.07) is 17.5. The highest BCUT2D eigenvalue weighted by Crippen LogP contribution is 2.14. The van der Waals surface area contributed by atoms with Crippen molar-refractivity contribution >= 4 is 16.9 Å². The van der Waals surface area contributed by atoms with E-state index in [1.54, 1.807) is 4.90 Å². The van der Waals surface area contributed by atoms with Gasteiger partial charge in [0.2, 0.25) is 0 Å². The Morgan fingerprint density at radius 2 is 1.91 bits per heavy atom. The van der Waals surface area contributed by atoms with Gasteiger partial charge in [-0.15, -0.1) is 0 Å². The molecule has 2 aromatic carbocycles. The fourth-order valence-electron chi connectivity index (χ4n) is 4.14. The van der Waals surface area contributed by atoms with E-state index in [-0.39, 0.29) is 18.1 Å². The quantitative estimate of drug-likeness (QED) is 0.555. The molecule has 7 heteroatoms. The number of amides is 2. The van der Waals surface area contributed by atoms with Gasteiger partial charge >= 0.3 is 6.03 Å². The molecule has 1 saturated heterocycles. The number of H-pyrrole nitrogens is 1. The number of fused-ring (bicyclic) bond motifs is 1. The van der Waals surface area contributed by atoms with Crippen molar-refractivity contribution in [2.24, 2.45) is 0 Å². The number of nitrogens with one attached hydrogen (secondary N) is 2. The van der Waals surface area contributed by atoms with Gasteiger partial charge in [-0.25, -0.2) is 4.79 Å². The van der Waals surface area contributed by atoms with Crippen LogP contribution in [-0.2, 0) is 17.8 Å². The minimum absolute atomic E-state index is 0.152. The summed E-state index contributed by atoms with van der Waals surface area (Å²) < 4.78 is 5.42. The first kappa shape index (κ1) is 23.0. The molecule has 33 heavy (non-hydrogen) atoms. The molecule has 0 aliphatic carbocycles. The fourth-order valence-corrected chi connectivity index (χ4v) is 4.14. The van der Waals surface area contributed by atoms with E-state index in [9.17, 15) is 9.59 Å². The Morgan fingerprint density at radius 1 is 1.12 bits per heavy atom. The van der Waals surface area contributed by atoms with Crippen LogP contribution in [0.1, 0.15) is 23.1 Å². The second-order valence-electron chi connectivity index (χ2n) is 8.59. The van der Waals surface area contributed by atoms with E-state index in [1.807, 2.05) is 61.5 Å². The lowest BCUT2D eigenvalue weighted by Crippen LogP contribution is -2.42. The number of carbonyl (C=O) groups excluding carboxylic acids is 1. The minimum atomic E-state index is -0.162. The Bertz CT molecular complexity index is 1120. The Hall–Kier alpha value is -3.16. The van der Waals surface area contributed by atoms with Gasteiger partial charge < -0.3 is 19.9 Å². The van der Waals surface area contributed by atoms with E-state index in [2.05, 4.69) is 15.2 Å². The van der Waals surface area contributed by atoms with Gasteiger partial charge in [0.25, 0.3) is 5.56 Å². The number of morpholine rings is 1. The third-order valence-electron chi connectivity index (χ3n) is 6.02. The molecule has 0 unspecified atom stereocenters. The Labute approximate surface area is 194 Å². The standard InChI is InChI=1S/C26H32N4O3/c1-20-8-9-24-22(16-20)17-23(25(31)28-24)19-30(11-5-10-29-12-14-33-15-13-29)26(32)27-18-21-6-3-2-4-7-21/h2-4,6-9,16-17H,5,10-15,18-19H2,1H3,(H,27,32)(H,28,31).